The molecule has 112 valence electrons. The first kappa shape index (κ1) is 15.4. The molecule has 2 aliphatic rings. The van der Waals surface area contributed by atoms with Crippen LogP contribution in [0.5, 0.6) is 0 Å². The fourth-order valence-electron chi connectivity index (χ4n) is 4.30. The molecule has 2 aliphatic carbocycles. The molecule has 2 fully saturated rings. The first-order valence-corrected chi connectivity index (χ1v) is 9.10. The van der Waals surface area contributed by atoms with Gasteiger partial charge in [-0.2, -0.15) is 0 Å². The molecule has 19 heavy (non-hydrogen) atoms. The smallest absolute Gasteiger partial charge is 0.0184 e. The molecular formula is C18H35N. The zero-order valence-electron chi connectivity index (χ0n) is 13.2. The molecule has 0 aromatic heterocycles. The van der Waals surface area contributed by atoms with Gasteiger partial charge in [0, 0.05) is 5.54 Å². The van der Waals surface area contributed by atoms with E-state index in [1.807, 2.05) is 0 Å². The lowest BCUT2D eigenvalue weighted by Crippen LogP contribution is -2.44. The summed E-state index contributed by atoms with van der Waals surface area (Å²) in [5.41, 5.74) is 0.587. The number of rotatable bonds is 10. The van der Waals surface area contributed by atoms with Crippen molar-refractivity contribution in [3.05, 3.63) is 0 Å². The van der Waals surface area contributed by atoms with Gasteiger partial charge in [0.2, 0.25) is 0 Å². The van der Waals surface area contributed by atoms with Gasteiger partial charge in [0.1, 0.15) is 0 Å². The first-order chi connectivity index (χ1) is 9.35. The van der Waals surface area contributed by atoms with Crippen LogP contribution < -0.4 is 5.32 Å². The third kappa shape index (κ3) is 5.10. The monoisotopic (exact) mass is 265 g/mol. The predicted molar refractivity (Wildman–Crippen MR) is 84.5 cm³/mol. The Bertz CT molecular complexity index is 234. The molecular weight excluding hydrogens is 230 g/mol. The van der Waals surface area contributed by atoms with E-state index in [1.54, 1.807) is 0 Å². The van der Waals surface area contributed by atoms with E-state index in [2.05, 4.69) is 12.2 Å². The largest absolute Gasteiger partial charge is 0.311 e. The number of nitrogens with one attached hydrogen (secondary N) is 1. The summed E-state index contributed by atoms with van der Waals surface area (Å²) in [5, 5.41) is 3.94. The second-order valence-corrected chi connectivity index (χ2v) is 7.18. The highest BCUT2D eigenvalue weighted by Gasteiger charge is 2.40. The maximum atomic E-state index is 3.94. The first-order valence-electron chi connectivity index (χ1n) is 9.10. The average Bonchev–Trinajstić information content (AvgIpc) is 2.72. The standard InChI is InChI=1S/C18H35N/c1-2-3-4-5-6-7-8-9-15-19-18-13-10-11-17(16-18)12-14-18/h17,19H,2-16H2,1H3. The molecule has 0 saturated heterocycles. The number of unbranched alkanes of at least 4 members (excludes halogenated alkanes) is 7. The molecule has 0 aliphatic heterocycles. The molecule has 0 aromatic carbocycles. The fraction of sp³-hybridized carbons (Fsp3) is 1.00. The number of hydrogen-bond donors (Lipinski definition) is 1. The van der Waals surface area contributed by atoms with Crippen LogP contribution in [0.2, 0.25) is 0 Å². The third-order valence-electron chi connectivity index (χ3n) is 5.51. The summed E-state index contributed by atoms with van der Waals surface area (Å²) in [4.78, 5) is 0. The third-order valence-corrected chi connectivity index (χ3v) is 5.51. The van der Waals surface area contributed by atoms with E-state index in [1.165, 1.54) is 96.4 Å². The van der Waals surface area contributed by atoms with Crippen molar-refractivity contribution in [1.82, 2.24) is 5.32 Å². The van der Waals surface area contributed by atoms with E-state index < -0.39 is 0 Å². The van der Waals surface area contributed by atoms with Gasteiger partial charge in [-0.25, -0.2) is 0 Å². The minimum atomic E-state index is 0.587. The minimum absolute atomic E-state index is 0.587. The van der Waals surface area contributed by atoms with Crippen molar-refractivity contribution in [2.24, 2.45) is 5.92 Å². The van der Waals surface area contributed by atoms with Crippen molar-refractivity contribution in [2.75, 3.05) is 6.54 Å². The van der Waals surface area contributed by atoms with Gasteiger partial charge in [-0.05, 0) is 44.6 Å². The van der Waals surface area contributed by atoms with Crippen molar-refractivity contribution < 1.29 is 0 Å². The SMILES string of the molecule is CCCCCCCCCCNC12CCCC(CC1)C2. The van der Waals surface area contributed by atoms with E-state index >= 15 is 0 Å². The van der Waals surface area contributed by atoms with Crippen molar-refractivity contribution >= 4 is 0 Å². The Morgan fingerprint density at radius 1 is 0.895 bits per heavy atom. The van der Waals surface area contributed by atoms with E-state index in [0.717, 1.165) is 5.92 Å². The van der Waals surface area contributed by atoms with Crippen LogP contribution in [0.4, 0.5) is 0 Å². The highest BCUT2D eigenvalue weighted by atomic mass is 15.0. The lowest BCUT2D eigenvalue weighted by molar-refractivity contribution is 0.247. The van der Waals surface area contributed by atoms with Gasteiger partial charge >= 0.3 is 0 Å². The molecule has 1 nitrogen and oxygen atoms in total. The molecule has 0 heterocycles. The normalized spacial score (nSPS) is 29.8. The van der Waals surface area contributed by atoms with Gasteiger partial charge in [-0.3, -0.25) is 0 Å². The average molecular weight is 265 g/mol. The molecule has 1 heteroatoms. The van der Waals surface area contributed by atoms with Crippen LogP contribution in [-0.2, 0) is 0 Å². The molecule has 0 radical (unpaired) electrons. The quantitative estimate of drug-likeness (QED) is 0.519. The van der Waals surface area contributed by atoms with Crippen molar-refractivity contribution in [1.29, 1.82) is 0 Å². The van der Waals surface area contributed by atoms with Crippen LogP contribution in [0.3, 0.4) is 0 Å². The van der Waals surface area contributed by atoms with Crippen molar-refractivity contribution in [3.63, 3.8) is 0 Å². The van der Waals surface area contributed by atoms with Crippen LogP contribution in [-0.4, -0.2) is 12.1 Å². The maximum absolute atomic E-state index is 3.94. The van der Waals surface area contributed by atoms with Gasteiger partial charge in [0.25, 0.3) is 0 Å². The molecule has 2 saturated carbocycles. The molecule has 2 unspecified atom stereocenters. The van der Waals surface area contributed by atoms with Crippen LogP contribution >= 0.6 is 0 Å². The van der Waals surface area contributed by atoms with Crippen LogP contribution in [0.25, 0.3) is 0 Å². The van der Waals surface area contributed by atoms with Gasteiger partial charge in [-0.1, -0.05) is 64.7 Å². The highest BCUT2D eigenvalue weighted by molar-refractivity contribution is 4.99. The minimum Gasteiger partial charge on any atom is -0.311 e. The summed E-state index contributed by atoms with van der Waals surface area (Å²) >= 11 is 0. The van der Waals surface area contributed by atoms with Gasteiger partial charge in [0.15, 0.2) is 0 Å². The zero-order chi connectivity index (χ0) is 13.4. The molecule has 2 bridgehead atoms. The molecule has 0 amide bonds. The lowest BCUT2D eigenvalue weighted by Gasteiger charge is -2.34. The summed E-state index contributed by atoms with van der Waals surface area (Å²) in [7, 11) is 0. The van der Waals surface area contributed by atoms with Crippen LogP contribution in [0.15, 0.2) is 0 Å². The molecule has 0 spiro atoms. The summed E-state index contributed by atoms with van der Waals surface area (Å²) in [6, 6.07) is 0. The summed E-state index contributed by atoms with van der Waals surface area (Å²) in [5.74, 6) is 1.07. The lowest BCUT2D eigenvalue weighted by atomic mass is 9.83. The Kier molecular flexibility index (Phi) is 6.70. The Balaban J connectivity index is 1.44. The molecule has 2 rings (SSSR count). The number of hydrogen-bond acceptors (Lipinski definition) is 1. The topological polar surface area (TPSA) is 12.0 Å². The second kappa shape index (κ2) is 8.29. The molecule has 0 aromatic rings. The summed E-state index contributed by atoms with van der Waals surface area (Å²) in [6.45, 7) is 3.58. The van der Waals surface area contributed by atoms with E-state index in [0.29, 0.717) is 5.54 Å². The molecule has 1 N–H and O–H groups in total. The Morgan fingerprint density at radius 3 is 2.42 bits per heavy atom. The zero-order valence-corrected chi connectivity index (χ0v) is 13.2. The van der Waals surface area contributed by atoms with E-state index in [4.69, 9.17) is 0 Å². The highest BCUT2D eigenvalue weighted by Crippen LogP contribution is 2.44. The fourth-order valence-corrected chi connectivity index (χ4v) is 4.30. The van der Waals surface area contributed by atoms with E-state index in [9.17, 15) is 0 Å². The predicted octanol–water partition coefficient (Wildman–Crippen LogP) is 5.44. The van der Waals surface area contributed by atoms with Gasteiger partial charge in [-0.15, -0.1) is 0 Å². The van der Waals surface area contributed by atoms with E-state index in [-0.39, 0.29) is 0 Å². The number of fused-ring (bicyclic) bond motifs is 2. The van der Waals surface area contributed by atoms with Gasteiger partial charge < -0.3 is 5.32 Å². The second-order valence-electron chi connectivity index (χ2n) is 7.18. The van der Waals surface area contributed by atoms with Crippen molar-refractivity contribution in [2.45, 2.75) is 102 Å². The van der Waals surface area contributed by atoms with Crippen LogP contribution in [0, 0.1) is 5.92 Å². The maximum Gasteiger partial charge on any atom is 0.0184 e. The summed E-state index contributed by atoms with van der Waals surface area (Å²) < 4.78 is 0. The molecule has 2 atom stereocenters. The summed E-state index contributed by atoms with van der Waals surface area (Å²) in [6.07, 6.45) is 20.4. The Hall–Kier alpha value is -0.0400. The Labute approximate surface area is 120 Å². The van der Waals surface area contributed by atoms with Crippen molar-refractivity contribution in [3.8, 4) is 0 Å². The Morgan fingerprint density at radius 2 is 1.63 bits per heavy atom. The van der Waals surface area contributed by atoms with Gasteiger partial charge in [0.05, 0.1) is 0 Å². The van der Waals surface area contributed by atoms with Crippen LogP contribution in [0.1, 0.15) is 96.8 Å².